The van der Waals surface area contributed by atoms with Crippen molar-refractivity contribution >= 4 is 103 Å². The molecule has 2 aromatic heterocycles. The van der Waals surface area contributed by atoms with Crippen LogP contribution in [0.4, 0.5) is 34.1 Å². The first kappa shape index (κ1) is 45.7. The SMILES string of the molecule is Cc1ccc2c(oc3c(-c4cc5c6c(c4)N4c7ccc(C(C)(C)C)cc7Sc7cc(C(C)(C)C)cc(c74)B6c4cc(C(C)(C)C)cc6c4N5c4ccc(C(C)(C)C)cc4S6)cccc32)c1-c1cccc[n+]1C. The molecule has 4 nitrogen and oxygen atoms in total. The lowest BCUT2D eigenvalue weighted by atomic mass is 9.33. The van der Waals surface area contributed by atoms with Gasteiger partial charge in [0.2, 0.25) is 5.69 Å². The number of fused-ring (bicyclic) bond motifs is 11. The zero-order valence-corrected chi connectivity index (χ0v) is 45.9. The fraction of sp³-hybridized carbons (Fsp3) is 0.277. The first-order valence-corrected chi connectivity index (χ1v) is 27.4. The van der Waals surface area contributed by atoms with Gasteiger partial charge in [-0.25, -0.2) is 4.57 Å². The molecule has 7 heteroatoms. The summed E-state index contributed by atoms with van der Waals surface area (Å²) in [6.45, 7) is 30.4. The summed E-state index contributed by atoms with van der Waals surface area (Å²) in [5.74, 6) is 0. The summed E-state index contributed by atoms with van der Waals surface area (Å²) in [5, 5.41) is 2.26. The number of furan rings is 1. The third-order valence-corrected chi connectivity index (χ3v) is 18.1. The third-order valence-electron chi connectivity index (χ3n) is 16.0. The van der Waals surface area contributed by atoms with Crippen LogP contribution < -0.4 is 30.8 Å². The Balaban J connectivity index is 1.17. The van der Waals surface area contributed by atoms with E-state index in [9.17, 15) is 0 Å². The molecule has 0 bridgehead atoms. The maximum absolute atomic E-state index is 7.34. The van der Waals surface area contributed by atoms with Crippen LogP contribution in [-0.2, 0) is 28.7 Å². The van der Waals surface area contributed by atoms with Crippen molar-refractivity contribution in [1.82, 2.24) is 0 Å². The molecule has 4 aliphatic rings. The Morgan fingerprint density at radius 2 is 1.00 bits per heavy atom. The molecule has 0 unspecified atom stereocenters. The second-order valence-electron chi connectivity index (χ2n) is 25.0. The summed E-state index contributed by atoms with van der Waals surface area (Å²) in [5.41, 5.74) is 24.5. The first-order valence-electron chi connectivity index (χ1n) is 25.7. The molecular weight excluding hydrogens is 914 g/mol. The molecule has 4 aliphatic heterocycles. The van der Waals surface area contributed by atoms with Crippen LogP contribution in [0.1, 0.15) is 111 Å². The molecule has 0 amide bonds. The number of rotatable bonds is 2. The molecule has 9 aromatic rings. The highest BCUT2D eigenvalue weighted by atomic mass is 32.2. The summed E-state index contributed by atoms with van der Waals surface area (Å²) >= 11 is 3.91. The topological polar surface area (TPSA) is 23.5 Å². The number of hydrogen-bond donors (Lipinski definition) is 0. The minimum absolute atomic E-state index is 0.000620. The van der Waals surface area contributed by atoms with E-state index in [-0.39, 0.29) is 28.4 Å². The molecular formula is C65H63BN3OS2+. The summed E-state index contributed by atoms with van der Waals surface area (Å²) in [7, 11) is 2.12. The van der Waals surface area contributed by atoms with Crippen molar-refractivity contribution in [2.24, 2.45) is 7.05 Å². The van der Waals surface area contributed by atoms with Crippen molar-refractivity contribution in [1.29, 1.82) is 0 Å². The molecule has 358 valence electrons. The smallest absolute Gasteiger partial charge is 0.252 e. The predicted molar refractivity (Wildman–Crippen MR) is 308 cm³/mol. The summed E-state index contributed by atoms with van der Waals surface area (Å²) in [4.78, 5) is 10.6. The van der Waals surface area contributed by atoms with E-state index in [1.54, 1.807) is 0 Å². The van der Waals surface area contributed by atoms with E-state index in [0.29, 0.717) is 0 Å². The van der Waals surface area contributed by atoms with Crippen LogP contribution in [0.3, 0.4) is 0 Å². The van der Waals surface area contributed by atoms with Crippen molar-refractivity contribution in [3.8, 4) is 22.4 Å². The van der Waals surface area contributed by atoms with Gasteiger partial charge in [-0.15, -0.1) is 0 Å². The van der Waals surface area contributed by atoms with Crippen LogP contribution in [0, 0.1) is 6.92 Å². The number of anilines is 6. The van der Waals surface area contributed by atoms with E-state index in [2.05, 4.69) is 239 Å². The van der Waals surface area contributed by atoms with Crippen LogP contribution in [0.15, 0.2) is 152 Å². The quantitative estimate of drug-likeness (QED) is 0.127. The highest BCUT2D eigenvalue weighted by molar-refractivity contribution is 8.00. The average molecular weight is 977 g/mol. The van der Waals surface area contributed by atoms with Gasteiger partial charge in [0.15, 0.2) is 6.20 Å². The Morgan fingerprint density at radius 3 is 1.51 bits per heavy atom. The first-order chi connectivity index (χ1) is 34.0. The van der Waals surface area contributed by atoms with Gasteiger partial charge in [0.05, 0.1) is 28.3 Å². The lowest BCUT2D eigenvalue weighted by Gasteiger charge is -2.48. The van der Waals surface area contributed by atoms with E-state index in [4.69, 9.17) is 4.42 Å². The Bertz CT molecular complexity index is 3690. The molecule has 0 radical (unpaired) electrons. The zero-order chi connectivity index (χ0) is 50.3. The number of nitrogens with zero attached hydrogens (tertiary/aromatic N) is 3. The normalized spacial score (nSPS) is 14.6. The molecule has 0 aliphatic carbocycles. The second-order valence-corrected chi connectivity index (χ2v) is 27.2. The Labute approximate surface area is 434 Å². The number of pyridine rings is 1. The molecule has 72 heavy (non-hydrogen) atoms. The van der Waals surface area contributed by atoms with Crippen LogP contribution in [0.25, 0.3) is 44.3 Å². The summed E-state index contributed by atoms with van der Waals surface area (Å²) in [6.07, 6.45) is 2.12. The number of aryl methyl sites for hydroxylation is 2. The lowest BCUT2D eigenvalue weighted by molar-refractivity contribution is -0.660. The second kappa shape index (κ2) is 15.2. The van der Waals surface area contributed by atoms with Crippen molar-refractivity contribution < 1.29 is 8.98 Å². The van der Waals surface area contributed by atoms with Crippen LogP contribution in [0.5, 0.6) is 0 Å². The Morgan fingerprint density at radius 1 is 0.486 bits per heavy atom. The van der Waals surface area contributed by atoms with E-state index in [1.165, 1.54) is 97.9 Å². The van der Waals surface area contributed by atoms with Gasteiger partial charge in [-0.2, -0.15) is 0 Å². The minimum atomic E-state index is -0.0636. The third kappa shape index (κ3) is 6.71. The van der Waals surface area contributed by atoms with Gasteiger partial charge in [0.25, 0.3) is 6.71 Å². The maximum atomic E-state index is 7.34. The standard InChI is InChI=1S/C65H63BN3OS2/c1-36-21-24-44-43-19-17-18-42(60(43)70-61(44)56(36)49-20-15-16-27-67(49)14)37-28-50-57-51(29-37)69-48-26-23-39(63(5,6)7)33-53(48)72-55-35-41(65(11,12)13)31-46(59(55)69)66(57)45-30-40(64(8,9)10)34-54-58(45)68(50)47-25-22-38(62(2,3)4)32-52(47)71-54/h15-35H,1-14H3/q+1. The maximum Gasteiger partial charge on any atom is 0.252 e. The van der Waals surface area contributed by atoms with Crippen LogP contribution in [0.2, 0.25) is 0 Å². The van der Waals surface area contributed by atoms with Crippen molar-refractivity contribution in [3.05, 3.63) is 155 Å². The van der Waals surface area contributed by atoms with E-state index >= 15 is 0 Å². The minimum Gasteiger partial charge on any atom is -0.454 e. The highest BCUT2D eigenvalue weighted by Crippen LogP contribution is 2.59. The molecule has 0 atom stereocenters. The number of aromatic nitrogens is 1. The van der Waals surface area contributed by atoms with E-state index < -0.39 is 0 Å². The van der Waals surface area contributed by atoms with Gasteiger partial charge < -0.3 is 14.2 Å². The molecule has 0 saturated heterocycles. The molecule has 0 N–H and O–H groups in total. The van der Waals surface area contributed by atoms with Crippen molar-refractivity contribution in [2.45, 2.75) is 131 Å². The molecule has 0 spiro atoms. The fourth-order valence-electron chi connectivity index (χ4n) is 11.9. The summed E-state index contributed by atoms with van der Waals surface area (Å²) < 4.78 is 9.54. The van der Waals surface area contributed by atoms with E-state index in [0.717, 1.165) is 44.3 Å². The van der Waals surface area contributed by atoms with E-state index in [1.807, 2.05) is 23.5 Å². The predicted octanol–water partition coefficient (Wildman–Crippen LogP) is 16.3. The van der Waals surface area contributed by atoms with Crippen molar-refractivity contribution in [3.63, 3.8) is 0 Å². The fourth-order valence-corrected chi connectivity index (χ4v) is 14.2. The van der Waals surface area contributed by atoms with Gasteiger partial charge in [-0.3, -0.25) is 0 Å². The Kier molecular flexibility index (Phi) is 9.65. The van der Waals surface area contributed by atoms with Gasteiger partial charge >= 0.3 is 0 Å². The monoisotopic (exact) mass is 976 g/mol. The largest absolute Gasteiger partial charge is 0.454 e. The average Bonchev–Trinajstić information content (AvgIpc) is 3.70. The molecule has 0 saturated carbocycles. The van der Waals surface area contributed by atoms with Gasteiger partial charge in [-0.1, -0.05) is 161 Å². The van der Waals surface area contributed by atoms with Gasteiger partial charge in [0, 0.05) is 59.4 Å². The summed E-state index contributed by atoms with van der Waals surface area (Å²) in [6, 6.07) is 47.4. The molecule has 0 fully saturated rings. The molecule has 13 rings (SSSR count). The number of hydrogen-bond acceptors (Lipinski definition) is 5. The van der Waals surface area contributed by atoms with Gasteiger partial charge in [0.1, 0.15) is 18.2 Å². The van der Waals surface area contributed by atoms with Gasteiger partial charge in [-0.05, 0) is 133 Å². The number of para-hydroxylation sites is 1. The lowest BCUT2D eigenvalue weighted by Crippen LogP contribution is -2.62. The highest BCUT2D eigenvalue weighted by Gasteiger charge is 2.49. The zero-order valence-electron chi connectivity index (χ0n) is 44.3. The van der Waals surface area contributed by atoms with Crippen LogP contribution >= 0.6 is 23.5 Å². The van der Waals surface area contributed by atoms with Crippen LogP contribution in [-0.4, -0.2) is 6.71 Å². The molecule has 7 aromatic carbocycles. The molecule has 6 heterocycles. The Hall–Kier alpha value is -6.15. The number of benzene rings is 7. The van der Waals surface area contributed by atoms with Crippen molar-refractivity contribution in [2.75, 3.05) is 9.80 Å².